The van der Waals surface area contributed by atoms with Crippen LogP contribution in [0.15, 0.2) is 115 Å². The molecule has 3 aromatic rings. The van der Waals surface area contributed by atoms with Gasteiger partial charge in [0.15, 0.2) is 0 Å². The van der Waals surface area contributed by atoms with E-state index in [4.69, 9.17) is 0 Å². The predicted molar refractivity (Wildman–Crippen MR) is 146 cm³/mol. The normalized spacial score (nSPS) is 13.1. The van der Waals surface area contributed by atoms with Crippen LogP contribution >= 0.6 is 7.26 Å². The Labute approximate surface area is 196 Å². The van der Waals surface area contributed by atoms with Crippen LogP contribution in [0.3, 0.4) is 0 Å². The molecule has 3 aromatic carbocycles. The molecule has 0 amide bonds. The monoisotopic (exact) mass is 441 g/mol. The summed E-state index contributed by atoms with van der Waals surface area (Å²) in [6, 6.07) is 33.8. The van der Waals surface area contributed by atoms with Crippen molar-refractivity contribution in [1.82, 2.24) is 0 Å². The first-order valence-electron chi connectivity index (χ1n) is 12.1. The second-order valence-electron chi connectivity index (χ2n) is 8.60. The van der Waals surface area contributed by atoms with Gasteiger partial charge in [-0.1, -0.05) is 92.7 Å². The minimum atomic E-state index is -1.69. The number of hydrogen-bond acceptors (Lipinski definition) is 0. The molecule has 0 aliphatic rings. The molecule has 0 fully saturated rings. The molecule has 1 unspecified atom stereocenters. The fourth-order valence-electron chi connectivity index (χ4n) is 4.38. The number of allylic oxidation sites excluding steroid dienone is 4. The van der Waals surface area contributed by atoms with Gasteiger partial charge >= 0.3 is 0 Å². The fraction of sp³-hybridized carbons (Fsp3) is 0.290. The summed E-state index contributed by atoms with van der Waals surface area (Å²) in [6.45, 7) is 4.62. The van der Waals surface area contributed by atoms with E-state index in [9.17, 15) is 0 Å². The summed E-state index contributed by atoms with van der Waals surface area (Å²) in [5.41, 5.74) is 0. The Morgan fingerprint density at radius 1 is 0.625 bits per heavy atom. The van der Waals surface area contributed by atoms with Gasteiger partial charge in [0.05, 0.1) is 6.16 Å². The van der Waals surface area contributed by atoms with Crippen molar-refractivity contribution in [1.29, 1.82) is 0 Å². The Hall–Kier alpha value is -2.43. The van der Waals surface area contributed by atoms with Gasteiger partial charge in [0.25, 0.3) is 0 Å². The lowest BCUT2D eigenvalue weighted by atomic mass is 10.0. The Morgan fingerprint density at radius 3 is 1.56 bits per heavy atom. The molecule has 0 heterocycles. The van der Waals surface area contributed by atoms with Crippen LogP contribution in [0, 0.1) is 5.92 Å². The maximum Gasteiger partial charge on any atom is 0.112 e. The molecule has 0 N–H and O–H groups in total. The molecule has 1 heteroatoms. The van der Waals surface area contributed by atoms with Crippen molar-refractivity contribution in [2.75, 3.05) is 6.16 Å². The van der Waals surface area contributed by atoms with Crippen molar-refractivity contribution < 1.29 is 0 Å². The fourth-order valence-corrected chi connectivity index (χ4v) is 8.92. The second-order valence-corrected chi connectivity index (χ2v) is 12.2. The lowest BCUT2D eigenvalue weighted by Gasteiger charge is -2.28. The van der Waals surface area contributed by atoms with E-state index in [1.807, 2.05) is 0 Å². The van der Waals surface area contributed by atoms with Gasteiger partial charge in [-0.05, 0) is 74.4 Å². The van der Waals surface area contributed by atoms with Gasteiger partial charge in [0.1, 0.15) is 23.2 Å². The second kappa shape index (κ2) is 13.2. The summed E-state index contributed by atoms with van der Waals surface area (Å²) in [6.07, 6.45) is 16.3. The minimum absolute atomic E-state index is 0.710. The van der Waals surface area contributed by atoms with Crippen molar-refractivity contribution >= 4 is 23.2 Å². The number of hydrogen-bond donors (Lipinski definition) is 0. The number of benzene rings is 3. The van der Waals surface area contributed by atoms with Crippen LogP contribution in [-0.2, 0) is 0 Å². The maximum atomic E-state index is 2.43. The highest BCUT2D eigenvalue weighted by atomic mass is 31.2. The molecule has 0 aliphatic carbocycles. The molecule has 0 aromatic heterocycles. The molecule has 0 aliphatic heterocycles. The molecule has 32 heavy (non-hydrogen) atoms. The van der Waals surface area contributed by atoms with E-state index in [0.29, 0.717) is 5.92 Å². The standard InChI is InChI=1S/C31H38P/c1-3-4-5-6-7-8-12-19-28(2)26-27-32(29-20-13-9-14-21-29,30-22-15-10-16-23-30)31-24-17-11-18-25-31/h4-5,7-11,13-18,20-25,28H,3,6,12,19,26-27H2,1-2H3/q+1/b5-4-,8-7-. The quantitative estimate of drug-likeness (QED) is 0.199. The largest absolute Gasteiger partial charge is 0.112 e. The van der Waals surface area contributed by atoms with Gasteiger partial charge in [-0.2, -0.15) is 0 Å². The first-order valence-corrected chi connectivity index (χ1v) is 14.1. The van der Waals surface area contributed by atoms with Gasteiger partial charge < -0.3 is 0 Å². The van der Waals surface area contributed by atoms with Crippen molar-refractivity contribution in [3.8, 4) is 0 Å². The van der Waals surface area contributed by atoms with E-state index >= 15 is 0 Å². The Balaban J connectivity index is 1.82. The summed E-state index contributed by atoms with van der Waals surface area (Å²) < 4.78 is 0. The lowest BCUT2D eigenvalue weighted by molar-refractivity contribution is 0.524. The van der Waals surface area contributed by atoms with E-state index in [2.05, 4.69) is 129 Å². The summed E-state index contributed by atoms with van der Waals surface area (Å²) >= 11 is 0. The first-order chi connectivity index (χ1) is 15.8. The topological polar surface area (TPSA) is 0 Å². The highest BCUT2D eigenvalue weighted by Crippen LogP contribution is 2.56. The molecule has 0 radical (unpaired) electrons. The van der Waals surface area contributed by atoms with Crippen LogP contribution in [0.2, 0.25) is 0 Å². The van der Waals surface area contributed by atoms with Gasteiger partial charge in [0.2, 0.25) is 0 Å². The average molecular weight is 442 g/mol. The molecule has 0 nitrogen and oxygen atoms in total. The molecule has 3 rings (SSSR count). The molecule has 0 spiro atoms. The molecule has 0 bridgehead atoms. The van der Waals surface area contributed by atoms with Crippen LogP contribution in [0.25, 0.3) is 0 Å². The molecular formula is C31H38P+. The lowest BCUT2D eigenvalue weighted by Crippen LogP contribution is -2.33. The SMILES string of the molecule is CC/C=C\C/C=C\CCC(C)CC[P+](c1ccccc1)(c1ccccc1)c1ccccc1. The van der Waals surface area contributed by atoms with Crippen LogP contribution in [-0.4, -0.2) is 6.16 Å². The van der Waals surface area contributed by atoms with Crippen LogP contribution in [0.4, 0.5) is 0 Å². The average Bonchev–Trinajstić information content (AvgIpc) is 2.86. The Bertz CT molecular complexity index is 845. The van der Waals surface area contributed by atoms with E-state index in [0.717, 1.165) is 12.8 Å². The zero-order valence-electron chi connectivity index (χ0n) is 19.7. The molecule has 166 valence electrons. The van der Waals surface area contributed by atoms with Crippen molar-refractivity contribution in [2.45, 2.75) is 46.0 Å². The molecular weight excluding hydrogens is 403 g/mol. The first kappa shape index (κ1) is 24.2. The van der Waals surface area contributed by atoms with E-state index in [1.165, 1.54) is 41.3 Å². The smallest absolute Gasteiger partial charge is 0.0885 e. The van der Waals surface area contributed by atoms with Crippen LogP contribution in [0.1, 0.15) is 46.0 Å². The predicted octanol–water partition coefficient (Wildman–Crippen LogP) is 7.70. The van der Waals surface area contributed by atoms with Crippen molar-refractivity contribution in [3.05, 3.63) is 115 Å². The maximum absolute atomic E-state index is 2.43. The summed E-state index contributed by atoms with van der Waals surface area (Å²) in [5, 5.41) is 4.48. The van der Waals surface area contributed by atoms with Gasteiger partial charge in [0, 0.05) is 0 Å². The third-order valence-electron chi connectivity index (χ3n) is 6.22. The highest BCUT2D eigenvalue weighted by molar-refractivity contribution is 7.95. The highest BCUT2D eigenvalue weighted by Gasteiger charge is 2.44. The van der Waals surface area contributed by atoms with Crippen molar-refractivity contribution in [3.63, 3.8) is 0 Å². The third kappa shape index (κ3) is 6.54. The Kier molecular flexibility index (Phi) is 9.98. The Morgan fingerprint density at radius 2 is 1.09 bits per heavy atom. The zero-order valence-corrected chi connectivity index (χ0v) is 20.6. The van der Waals surface area contributed by atoms with Gasteiger partial charge in [-0.3, -0.25) is 0 Å². The molecule has 0 saturated heterocycles. The third-order valence-corrected chi connectivity index (χ3v) is 10.7. The summed E-state index contributed by atoms with van der Waals surface area (Å²) in [4.78, 5) is 0. The van der Waals surface area contributed by atoms with Gasteiger partial charge in [-0.25, -0.2) is 0 Å². The summed E-state index contributed by atoms with van der Waals surface area (Å²) in [7, 11) is -1.69. The number of rotatable bonds is 12. The van der Waals surface area contributed by atoms with E-state index in [-0.39, 0.29) is 0 Å². The minimum Gasteiger partial charge on any atom is -0.0885 e. The van der Waals surface area contributed by atoms with E-state index in [1.54, 1.807) is 0 Å². The van der Waals surface area contributed by atoms with Gasteiger partial charge in [-0.15, -0.1) is 0 Å². The molecule has 0 saturated carbocycles. The zero-order chi connectivity index (χ0) is 22.5. The van der Waals surface area contributed by atoms with E-state index < -0.39 is 7.26 Å². The van der Waals surface area contributed by atoms with Crippen LogP contribution in [0.5, 0.6) is 0 Å². The van der Waals surface area contributed by atoms with Crippen LogP contribution < -0.4 is 15.9 Å². The molecule has 1 atom stereocenters. The summed E-state index contributed by atoms with van der Waals surface area (Å²) in [5.74, 6) is 0.710. The van der Waals surface area contributed by atoms with Crippen molar-refractivity contribution in [2.24, 2.45) is 5.92 Å².